The molecule has 5 nitrogen and oxygen atoms in total. The number of hydrogen-bond donors (Lipinski definition) is 2. The SMILES string of the molecule is CC(C)(C)OC(=O)NCC#Cc1c[nH]c(C(=O)C(Cl)(Cl)Cl)c1. The molecule has 2 N–H and O–H groups in total. The fraction of sp³-hybridized carbons (Fsp3) is 0.429. The largest absolute Gasteiger partial charge is 0.444 e. The number of H-pyrrole nitrogens is 1. The van der Waals surface area contributed by atoms with Gasteiger partial charge in [0.05, 0.1) is 12.2 Å². The number of Topliss-reactive ketones (excluding diaryl/α,β-unsaturated/α-hetero) is 1. The number of aromatic nitrogens is 1. The first-order valence-corrected chi connectivity index (χ1v) is 7.38. The summed E-state index contributed by atoms with van der Waals surface area (Å²) >= 11 is 16.5. The zero-order valence-corrected chi connectivity index (χ0v) is 14.5. The maximum absolute atomic E-state index is 11.7. The molecule has 22 heavy (non-hydrogen) atoms. The Morgan fingerprint density at radius 1 is 1.32 bits per heavy atom. The minimum atomic E-state index is -2.02. The quantitative estimate of drug-likeness (QED) is 0.479. The number of alkyl carbamates (subject to hydrolysis) is 1. The van der Waals surface area contributed by atoms with E-state index in [0.29, 0.717) is 5.56 Å². The average molecular weight is 366 g/mol. The van der Waals surface area contributed by atoms with Gasteiger partial charge in [0.15, 0.2) is 0 Å². The third-order valence-corrected chi connectivity index (χ3v) is 2.65. The number of halogens is 3. The predicted molar refractivity (Wildman–Crippen MR) is 86.5 cm³/mol. The highest BCUT2D eigenvalue weighted by atomic mass is 35.6. The molecule has 1 aromatic heterocycles. The van der Waals surface area contributed by atoms with Crippen molar-refractivity contribution in [3.8, 4) is 11.8 Å². The van der Waals surface area contributed by atoms with Crippen molar-refractivity contribution in [2.45, 2.75) is 30.2 Å². The average Bonchev–Trinajstić information content (AvgIpc) is 2.79. The number of aromatic amines is 1. The summed E-state index contributed by atoms with van der Waals surface area (Å²) in [4.78, 5) is 25.7. The van der Waals surface area contributed by atoms with Crippen molar-refractivity contribution < 1.29 is 14.3 Å². The van der Waals surface area contributed by atoms with Crippen LogP contribution in [-0.2, 0) is 4.74 Å². The van der Waals surface area contributed by atoms with Crippen molar-refractivity contribution in [3.63, 3.8) is 0 Å². The van der Waals surface area contributed by atoms with E-state index >= 15 is 0 Å². The topological polar surface area (TPSA) is 71.2 Å². The minimum absolute atomic E-state index is 0.105. The number of alkyl halides is 3. The highest BCUT2D eigenvalue weighted by Crippen LogP contribution is 2.30. The zero-order valence-electron chi connectivity index (χ0n) is 12.2. The Kier molecular flexibility index (Phi) is 6.18. The van der Waals surface area contributed by atoms with Crippen LogP contribution in [-0.4, -0.2) is 32.8 Å². The van der Waals surface area contributed by atoms with Crippen molar-refractivity contribution >= 4 is 46.7 Å². The number of ketones is 1. The lowest BCUT2D eigenvalue weighted by molar-refractivity contribution is 0.0535. The monoisotopic (exact) mass is 364 g/mol. The summed E-state index contributed by atoms with van der Waals surface area (Å²) in [5, 5.41) is 2.49. The van der Waals surface area contributed by atoms with E-state index in [1.807, 2.05) is 0 Å². The molecule has 1 rings (SSSR count). The summed E-state index contributed by atoms with van der Waals surface area (Å²) < 4.78 is 3.03. The predicted octanol–water partition coefficient (Wildman–Crippen LogP) is 3.44. The highest BCUT2D eigenvalue weighted by molar-refractivity contribution is 6.77. The first-order valence-electron chi connectivity index (χ1n) is 6.25. The molecule has 120 valence electrons. The van der Waals surface area contributed by atoms with Gasteiger partial charge in [-0.2, -0.15) is 0 Å². The van der Waals surface area contributed by atoms with Gasteiger partial charge in [0.1, 0.15) is 5.60 Å². The van der Waals surface area contributed by atoms with Crippen molar-refractivity contribution in [3.05, 3.63) is 23.5 Å². The Morgan fingerprint density at radius 2 is 1.95 bits per heavy atom. The molecule has 0 aliphatic carbocycles. The van der Waals surface area contributed by atoms with Crippen LogP contribution < -0.4 is 5.32 Å². The Labute approximate surface area is 143 Å². The molecule has 0 bridgehead atoms. The molecule has 0 fully saturated rings. The van der Waals surface area contributed by atoms with Crippen LogP contribution in [0.5, 0.6) is 0 Å². The molecular weight excluding hydrogens is 351 g/mol. The summed E-state index contributed by atoms with van der Waals surface area (Å²) in [6.07, 6.45) is 0.951. The summed E-state index contributed by atoms with van der Waals surface area (Å²) in [7, 11) is 0. The zero-order chi connectivity index (χ0) is 17.0. The van der Waals surface area contributed by atoms with Gasteiger partial charge in [-0.05, 0) is 26.8 Å². The Morgan fingerprint density at radius 3 is 2.50 bits per heavy atom. The van der Waals surface area contributed by atoms with E-state index in [9.17, 15) is 9.59 Å². The number of carbonyl (C=O) groups excluding carboxylic acids is 2. The lowest BCUT2D eigenvalue weighted by Crippen LogP contribution is -2.32. The smallest absolute Gasteiger partial charge is 0.408 e. The second-order valence-electron chi connectivity index (χ2n) is 5.29. The molecule has 0 aromatic carbocycles. The van der Waals surface area contributed by atoms with Crippen LogP contribution in [0.15, 0.2) is 12.3 Å². The molecule has 1 aromatic rings. The van der Waals surface area contributed by atoms with Gasteiger partial charge in [0.2, 0.25) is 5.78 Å². The molecule has 1 amide bonds. The van der Waals surface area contributed by atoms with Crippen LogP contribution in [0, 0.1) is 11.8 Å². The molecule has 0 spiro atoms. The second kappa shape index (κ2) is 7.28. The molecular formula is C14H15Cl3N2O3. The third-order valence-electron chi connectivity index (χ3n) is 2.14. The third kappa shape index (κ3) is 6.61. The minimum Gasteiger partial charge on any atom is -0.444 e. The molecule has 0 unspecified atom stereocenters. The maximum Gasteiger partial charge on any atom is 0.408 e. The van der Waals surface area contributed by atoms with Crippen LogP contribution in [0.1, 0.15) is 36.8 Å². The van der Waals surface area contributed by atoms with Crippen molar-refractivity contribution in [2.24, 2.45) is 0 Å². The second-order valence-corrected chi connectivity index (χ2v) is 7.57. The first kappa shape index (κ1) is 18.7. The van der Waals surface area contributed by atoms with Crippen molar-refractivity contribution in [1.82, 2.24) is 10.3 Å². The molecule has 0 aliphatic heterocycles. The molecule has 0 radical (unpaired) electrons. The summed E-state index contributed by atoms with van der Waals surface area (Å²) in [6.45, 7) is 5.40. The number of hydrogen-bond acceptors (Lipinski definition) is 3. The van der Waals surface area contributed by atoms with Gasteiger partial charge in [0.25, 0.3) is 3.79 Å². The van der Waals surface area contributed by atoms with Crippen LogP contribution in [0.4, 0.5) is 4.79 Å². The summed E-state index contributed by atoms with van der Waals surface area (Å²) in [5.41, 5.74) is 0.109. The van der Waals surface area contributed by atoms with Gasteiger partial charge in [-0.3, -0.25) is 4.79 Å². The Hall–Kier alpha value is -1.35. The normalized spacial score (nSPS) is 11.4. The Bertz CT molecular complexity index is 616. The van der Waals surface area contributed by atoms with Crippen LogP contribution in [0.3, 0.4) is 0 Å². The van der Waals surface area contributed by atoms with Gasteiger partial charge < -0.3 is 15.0 Å². The van der Waals surface area contributed by atoms with E-state index < -0.39 is 21.3 Å². The van der Waals surface area contributed by atoms with Gasteiger partial charge in [-0.1, -0.05) is 46.6 Å². The highest BCUT2D eigenvalue weighted by Gasteiger charge is 2.32. The fourth-order valence-corrected chi connectivity index (χ4v) is 1.63. The summed E-state index contributed by atoms with van der Waals surface area (Å²) in [6, 6.07) is 1.46. The van der Waals surface area contributed by atoms with Crippen LogP contribution in [0.25, 0.3) is 0 Å². The van der Waals surface area contributed by atoms with Crippen LogP contribution >= 0.6 is 34.8 Å². The molecule has 8 heteroatoms. The van der Waals surface area contributed by atoms with E-state index in [4.69, 9.17) is 39.5 Å². The number of ether oxygens (including phenoxy) is 1. The molecule has 0 saturated heterocycles. The van der Waals surface area contributed by atoms with Gasteiger partial charge >= 0.3 is 6.09 Å². The van der Waals surface area contributed by atoms with E-state index in [1.54, 1.807) is 20.8 Å². The summed E-state index contributed by atoms with van der Waals surface area (Å²) in [5.74, 6) is 4.80. The number of nitrogens with one attached hydrogen (secondary N) is 2. The van der Waals surface area contributed by atoms with Crippen molar-refractivity contribution in [1.29, 1.82) is 0 Å². The first-order chi connectivity index (χ1) is 9.99. The Balaban J connectivity index is 2.55. The number of carbonyl (C=O) groups is 2. The maximum atomic E-state index is 11.7. The van der Waals surface area contributed by atoms with Gasteiger partial charge in [0, 0.05) is 11.8 Å². The molecule has 0 atom stereocenters. The van der Waals surface area contributed by atoms with Crippen LogP contribution in [0.2, 0.25) is 0 Å². The lowest BCUT2D eigenvalue weighted by atomic mass is 10.2. The fourth-order valence-electron chi connectivity index (χ4n) is 1.33. The number of rotatable bonds is 2. The van der Waals surface area contributed by atoms with E-state index in [2.05, 4.69) is 22.1 Å². The molecule has 1 heterocycles. The molecule has 0 aliphatic rings. The number of amides is 1. The molecule has 0 saturated carbocycles. The standard InChI is InChI=1S/C14H15Cl3N2O3/c1-13(2,3)22-12(21)18-6-4-5-9-7-10(19-8-9)11(20)14(15,16)17/h7-8,19H,6H2,1-3H3,(H,18,21). The van der Waals surface area contributed by atoms with Crippen molar-refractivity contribution in [2.75, 3.05) is 6.54 Å². The van der Waals surface area contributed by atoms with E-state index in [-0.39, 0.29) is 12.2 Å². The van der Waals surface area contributed by atoms with Gasteiger partial charge in [-0.25, -0.2) is 4.79 Å². The van der Waals surface area contributed by atoms with E-state index in [1.165, 1.54) is 12.3 Å². The lowest BCUT2D eigenvalue weighted by Gasteiger charge is -2.18. The van der Waals surface area contributed by atoms with Gasteiger partial charge in [-0.15, -0.1) is 0 Å². The van der Waals surface area contributed by atoms with E-state index in [0.717, 1.165) is 0 Å².